The molecule has 0 aromatic heterocycles. The molecule has 0 heterocycles. The molecule has 0 saturated carbocycles. The van der Waals surface area contributed by atoms with Crippen molar-refractivity contribution in [1.29, 1.82) is 0 Å². The van der Waals surface area contributed by atoms with Crippen LogP contribution in [0.15, 0.2) is 22.7 Å². The van der Waals surface area contributed by atoms with Crippen molar-refractivity contribution in [2.45, 2.75) is 38.8 Å². The standard InChI is InChI=1S/C13H19BrFNO/c1-4-9(2)16-13(3,8-17)11-7-10(14)5-6-12(11)15/h5-7,9,16-17H,4,8H2,1-3H3. The Labute approximate surface area is 110 Å². The average molecular weight is 304 g/mol. The lowest BCUT2D eigenvalue weighted by Gasteiger charge is -2.33. The first-order valence-electron chi connectivity index (χ1n) is 5.77. The number of nitrogens with one attached hydrogen (secondary N) is 1. The Morgan fingerprint density at radius 2 is 2.18 bits per heavy atom. The molecule has 0 aliphatic carbocycles. The smallest absolute Gasteiger partial charge is 0.128 e. The number of benzene rings is 1. The first kappa shape index (κ1) is 14.6. The Morgan fingerprint density at radius 3 is 2.71 bits per heavy atom. The van der Waals surface area contributed by atoms with Crippen molar-refractivity contribution in [3.05, 3.63) is 34.1 Å². The van der Waals surface area contributed by atoms with Crippen molar-refractivity contribution in [2.24, 2.45) is 0 Å². The summed E-state index contributed by atoms with van der Waals surface area (Å²) in [6.45, 7) is 5.73. The van der Waals surface area contributed by atoms with Gasteiger partial charge in [-0.2, -0.15) is 0 Å². The molecule has 96 valence electrons. The molecule has 0 aliphatic heterocycles. The maximum absolute atomic E-state index is 13.8. The zero-order valence-corrected chi connectivity index (χ0v) is 12.0. The summed E-state index contributed by atoms with van der Waals surface area (Å²) >= 11 is 3.33. The van der Waals surface area contributed by atoms with Gasteiger partial charge in [-0.3, -0.25) is 0 Å². The second-order valence-electron chi connectivity index (χ2n) is 4.57. The van der Waals surface area contributed by atoms with Gasteiger partial charge >= 0.3 is 0 Å². The Bertz CT molecular complexity index is 386. The Morgan fingerprint density at radius 1 is 1.53 bits per heavy atom. The van der Waals surface area contributed by atoms with Gasteiger partial charge in [0.05, 0.1) is 12.1 Å². The largest absolute Gasteiger partial charge is 0.394 e. The number of hydrogen-bond donors (Lipinski definition) is 2. The minimum Gasteiger partial charge on any atom is -0.394 e. The minimum atomic E-state index is -0.761. The topological polar surface area (TPSA) is 32.3 Å². The molecule has 0 aliphatic rings. The zero-order valence-electron chi connectivity index (χ0n) is 10.4. The van der Waals surface area contributed by atoms with Gasteiger partial charge in [0.15, 0.2) is 0 Å². The summed E-state index contributed by atoms with van der Waals surface area (Å²) in [6.07, 6.45) is 0.922. The molecule has 1 rings (SSSR count). The number of aliphatic hydroxyl groups is 1. The van der Waals surface area contributed by atoms with Gasteiger partial charge in [-0.05, 0) is 38.5 Å². The minimum absolute atomic E-state index is 0.148. The van der Waals surface area contributed by atoms with Gasteiger partial charge in [0.1, 0.15) is 5.82 Å². The number of hydrogen-bond acceptors (Lipinski definition) is 2. The molecule has 0 amide bonds. The molecule has 1 aromatic carbocycles. The third-order valence-electron chi connectivity index (χ3n) is 3.02. The zero-order chi connectivity index (χ0) is 13.1. The lowest BCUT2D eigenvalue weighted by atomic mass is 9.91. The molecular formula is C13H19BrFNO. The first-order chi connectivity index (χ1) is 7.92. The predicted octanol–water partition coefficient (Wildman–Crippen LogP) is 3.18. The van der Waals surface area contributed by atoms with Gasteiger partial charge in [-0.15, -0.1) is 0 Å². The highest BCUT2D eigenvalue weighted by Crippen LogP contribution is 2.27. The van der Waals surface area contributed by atoms with Gasteiger partial charge in [0.2, 0.25) is 0 Å². The predicted molar refractivity (Wildman–Crippen MR) is 71.4 cm³/mol. The molecule has 2 unspecified atom stereocenters. The van der Waals surface area contributed by atoms with Crippen LogP contribution in [0.1, 0.15) is 32.8 Å². The van der Waals surface area contributed by atoms with Crippen molar-refractivity contribution >= 4 is 15.9 Å². The van der Waals surface area contributed by atoms with Gasteiger partial charge < -0.3 is 10.4 Å². The van der Waals surface area contributed by atoms with E-state index in [2.05, 4.69) is 21.2 Å². The monoisotopic (exact) mass is 303 g/mol. The van der Waals surface area contributed by atoms with Gasteiger partial charge in [0.25, 0.3) is 0 Å². The molecule has 0 fully saturated rings. The van der Waals surface area contributed by atoms with Crippen LogP contribution in [0.5, 0.6) is 0 Å². The Kier molecular flexibility index (Phi) is 5.10. The van der Waals surface area contributed by atoms with Crippen LogP contribution in [0.2, 0.25) is 0 Å². The van der Waals surface area contributed by atoms with Crippen LogP contribution in [0.3, 0.4) is 0 Å². The van der Waals surface area contributed by atoms with E-state index in [0.29, 0.717) is 5.56 Å². The van der Waals surface area contributed by atoms with E-state index in [0.717, 1.165) is 10.9 Å². The normalized spacial score (nSPS) is 16.6. The van der Waals surface area contributed by atoms with Gasteiger partial charge in [-0.25, -0.2) is 4.39 Å². The van der Waals surface area contributed by atoms with Crippen molar-refractivity contribution in [1.82, 2.24) is 5.32 Å². The van der Waals surface area contributed by atoms with Crippen molar-refractivity contribution in [3.63, 3.8) is 0 Å². The summed E-state index contributed by atoms with van der Waals surface area (Å²) in [7, 11) is 0. The van der Waals surface area contributed by atoms with Crippen LogP contribution in [0.25, 0.3) is 0 Å². The highest BCUT2D eigenvalue weighted by atomic mass is 79.9. The number of rotatable bonds is 5. The van der Waals surface area contributed by atoms with E-state index in [9.17, 15) is 9.50 Å². The maximum atomic E-state index is 13.8. The summed E-state index contributed by atoms with van der Waals surface area (Å²) in [4.78, 5) is 0. The molecule has 2 N–H and O–H groups in total. The van der Waals surface area contributed by atoms with E-state index < -0.39 is 5.54 Å². The van der Waals surface area contributed by atoms with E-state index in [1.807, 2.05) is 20.8 Å². The highest BCUT2D eigenvalue weighted by Gasteiger charge is 2.29. The molecule has 2 atom stereocenters. The molecule has 0 bridgehead atoms. The molecule has 0 radical (unpaired) electrons. The lowest BCUT2D eigenvalue weighted by Crippen LogP contribution is -2.47. The van der Waals surface area contributed by atoms with Crippen LogP contribution in [-0.2, 0) is 5.54 Å². The summed E-state index contributed by atoms with van der Waals surface area (Å²) in [6, 6.07) is 4.98. The molecule has 2 nitrogen and oxygen atoms in total. The summed E-state index contributed by atoms with van der Waals surface area (Å²) in [5.41, 5.74) is -0.279. The molecule has 4 heteroatoms. The second kappa shape index (κ2) is 5.94. The Balaban J connectivity index is 3.10. The van der Waals surface area contributed by atoms with Crippen molar-refractivity contribution in [3.8, 4) is 0 Å². The SMILES string of the molecule is CCC(C)NC(C)(CO)c1cc(Br)ccc1F. The number of halogens is 2. The Hall–Kier alpha value is -0.450. The molecule has 0 spiro atoms. The maximum Gasteiger partial charge on any atom is 0.128 e. The van der Waals surface area contributed by atoms with Gasteiger partial charge in [-0.1, -0.05) is 22.9 Å². The van der Waals surface area contributed by atoms with E-state index >= 15 is 0 Å². The van der Waals surface area contributed by atoms with Crippen LogP contribution < -0.4 is 5.32 Å². The van der Waals surface area contributed by atoms with Crippen molar-refractivity contribution in [2.75, 3.05) is 6.61 Å². The van der Waals surface area contributed by atoms with Gasteiger partial charge in [0, 0.05) is 16.1 Å². The first-order valence-corrected chi connectivity index (χ1v) is 6.56. The highest BCUT2D eigenvalue weighted by molar-refractivity contribution is 9.10. The van der Waals surface area contributed by atoms with Crippen molar-refractivity contribution < 1.29 is 9.50 Å². The van der Waals surface area contributed by atoms with Crippen LogP contribution >= 0.6 is 15.9 Å². The summed E-state index contributed by atoms with van der Waals surface area (Å²) in [5, 5.41) is 12.8. The quantitative estimate of drug-likeness (QED) is 0.875. The van der Waals surface area contributed by atoms with E-state index in [1.165, 1.54) is 6.07 Å². The molecule has 1 aromatic rings. The fourth-order valence-electron chi connectivity index (χ4n) is 1.77. The summed E-state index contributed by atoms with van der Waals surface area (Å²) < 4.78 is 14.6. The number of aliphatic hydroxyl groups excluding tert-OH is 1. The average Bonchev–Trinajstić information content (AvgIpc) is 2.31. The molecule has 0 saturated heterocycles. The van der Waals surface area contributed by atoms with E-state index in [4.69, 9.17) is 0 Å². The fraction of sp³-hybridized carbons (Fsp3) is 0.538. The summed E-state index contributed by atoms with van der Waals surface area (Å²) in [5.74, 6) is -0.305. The third-order valence-corrected chi connectivity index (χ3v) is 3.51. The van der Waals surface area contributed by atoms with Crippen LogP contribution in [0, 0.1) is 5.82 Å². The van der Waals surface area contributed by atoms with E-state index in [-0.39, 0.29) is 18.5 Å². The van der Waals surface area contributed by atoms with Crippen LogP contribution in [0.4, 0.5) is 4.39 Å². The molecule has 17 heavy (non-hydrogen) atoms. The van der Waals surface area contributed by atoms with E-state index in [1.54, 1.807) is 12.1 Å². The van der Waals surface area contributed by atoms with Crippen LogP contribution in [-0.4, -0.2) is 17.8 Å². The molecular weight excluding hydrogens is 285 g/mol. The third kappa shape index (κ3) is 3.50. The fourth-order valence-corrected chi connectivity index (χ4v) is 2.14. The lowest BCUT2D eigenvalue weighted by molar-refractivity contribution is 0.159. The second-order valence-corrected chi connectivity index (χ2v) is 5.48.